The first kappa shape index (κ1) is 23.5. The van der Waals surface area contributed by atoms with Crippen LogP contribution in [0.3, 0.4) is 0 Å². The number of halogens is 7. The van der Waals surface area contributed by atoms with Gasteiger partial charge in [0.05, 0.1) is 28.1 Å². The molecule has 1 aliphatic heterocycles. The van der Waals surface area contributed by atoms with Crippen LogP contribution in [0.4, 0.5) is 36.6 Å². The van der Waals surface area contributed by atoms with Crippen LogP contribution in [-0.4, -0.2) is 35.0 Å². The number of carbonyl (C=O) groups is 1. The molecule has 2 aromatic carbocycles. The summed E-state index contributed by atoms with van der Waals surface area (Å²) in [5, 5.41) is 2.06. The molecule has 5 nitrogen and oxygen atoms in total. The largest absolute Gasteiger partial charge is 0.417 e. The van der Waals surface area contributed by atoms with Crippen LogP contribution in [0.2, 0.25) is 0 Å². The van der Waals surface area contributed by atoms with Crippen LogP contribution in [0.5, 0.6) is 0 Å². The molecule has 4 rings (SSSR count). The number of benzene rings is 2. The van der Waals surface area contributed by atoms with Gasteiger partial charge in [0.15, 0.2) is 11.7 Å². The van der Waals surface area contributed by atoms with Gasteiger partial charge in [0.2, 0.25) is 0 Å². The Labute approximate surface area is 187 Å². The number of hydrogen-bond donors (Lipinski definition) is 1. The number of amides is 1. The van der Waals surface area contributed by atoms with Crippen LogP contribution in [0.25, 0.3) is 22.3 Å². The number of carbonyl (C=O) groups excluding carboxylic acids is 1. The van der Waals surface area contributed by atoms with Crippen LogP contribution in [0, 0.1) is 0 Å². The molecule has 0 unspecified atom stereocenters. The number of anilines is 1. The number of alkyl halides is 6. The zero-order valence-corrected chi connectivity index (χ0v) is 17.1. The average molecular weight is 484 g/mol. The van der Waals surface area contributed by atoms with Crippen molar-refractivity contribution in [3.8, 4) is 11.4 Å². The molecule has 0 spiro atoms. The van der Waals surface area contributed by atoms with Crippen molar-refractivity contribution in [3.63, 3.8) is 0 Å². The predicted molar refractivity (Wildman–Crippen MR) is 109 cm³/mol. The number of fused-ring (bicyclic) bond motifs is 1. The third-order valence-corrected chi connectivity index (χ3v) is 5.24. The van der Waals surface area contributed by atoms with E-state index in [-0.39, 0.29) is 41.2 Å². The molecule has 3 aromatic rings. The minimum Gasteiger partial charge on any atom is -0.352 e. The molecule has 1 aromatic heterocycles. The van der Waals surface area contributed by atoms with Crippen molar-refractivity contribution in [1.82, 2.24) is 15.3 Å². The van der Waals surface area contributed by atoms with E-state index >= 15 is 0 Å². The van der Waals surface area contributed by atoms with E-state index in [2.05, 4.69) is 21.9 Å². The summed E-state index contributed by atoms with van der Waals surface area (Å²) in [4.78, 5) is 21.3. The van der Waals surface area contributed by atoms with E-state index < -0.39 is 41.3 Å². The smallest absolute Gasteiger partial charge is 0.352 e. The maximum atomic E-state index is 13.7. The summed E-state index contributed by atoms with van der Waals surface area (Å²) in [6.07, 6.45) is -9.28. The van der Waals surface area contributed by atoms with Gasteiger partial charge in [-0.25, -0.2) is 14.4 Å². The van der Waals surface area contributed by atoms with Gasteiger partial charge in [-0.15, -0.1) is 0 Å². The fraction of sp³-hybridized carbons (Fsp3) is 0.227. The first-order valence-electron chi connectivity index (χ1n) is 9.80. The molecule has 1 amide bonds. The predicted octanol–water partition coefficient (Wildman–Crippen LogP) is 5.12. The number of nitrogens with zero attached hydrogens (tertiary/aromatic N) is 3. The number of hydrogen-bond acceptors (Lipinski definition) is 4. The van der Waals surface area contributed by atoms with Gasteiger partial charge in [0.25, 0.3) is 5.91 Å². The number of nitrogens with one attached hydrogen (secondary N) is 1. The van der Waals surface area contributed by atoms with E-state index in [9.17, 15) is 35.5 Å². The highest BCUT2D eigenvalue weighted by Gasteiger charge is 2.37. The summed E-state index contributed by atoms with van der Waals surface area (Å²) in [6, 6.07) is 6.75. The van der Waals surface area contributed by atoms with E-state index in [0.29, 0.717) is 0 Å². The maximum absolute atomic E-state index is 13.7. The van der Waals surface area contributed by atoms with Gasteiger partial charge in [0, 0.05) is 18.7 Å². The van der Waals surface area contributed by atoms with Crippen LogP contribution in [0.15, 0.2) is 54.9 Å². The normalized spacial score (nSPS) is 14.7. The number of aromatic nitrogens is 2. The van der Waals surface area contributed by atoms with E-state index in [4.69, 9.17) is 0 Å². The zero-order chi connectivity index (χ0) is 24.8. The van der Waals surface area contributed by atoms with Crippen molar-refractivity contribution in [3.05, 3.63) is 66.0 Å². The summed E-state index contributed by atoms with van der Waals surface area (Å²) in [7, 11) is 0. The summed E-state index contributed by atoms with van der Waals surface area (Å²) < 4.78 is 92.7. The van der Waals surface area contributed by atoms with Gasteiger partial charge in [-0.05, 0) is 24.3 Å². The SMILES string of the molecule is C=C(F)C(=O)NC1CN(c2nc(-c3ccc(C(F)(F)F)cc3)nc3cccc(C(F)(F)F)c23)C1. The number of rotatable bonds is 4. The monoisotopic (exact) mass is 484 g/mol. The second-order valence-corrected chi connectivity index (χ2v) is 7.62. The van der Waals surface area contributed by atoms with Gasteiger partial charge in [-0.2, -0.15) is 26.3 Å². The van der Waals surface area contributed by atoms with Crippen molar-refractivity contribution < 1.29 is 35.5 Å². The van der Waals surface area contributed by atoms with E-state index in [1.165, 1.54) is 17.0 Å². The highest BCUT2D eigenvalue weighted by Crippen LogP contribution is 2.40. The Kier molecular flexibility index (Phi) is 5.70. The first-order chi connectivity index (χ1) is 15.8. The Bertz CT molecular complexity index is 1260. The maximum Gasteiger partial charge on any atom is 0.417 e. The lowest BCUT2D eigenvalue weighted by molar-refractivity contribution is -0.138. The standard InChI is InChI=1S/C22H15F7N4O/c1-11(23)20(34)30-14-9-33(10-14)19-17-15(22(27,28)29)3-2-4-16(17)31-18(32-19)12-5-7-13(8-6-12)21(24,25)26/h2-8,14H,1,9-10H2,(H,30,34). The molecule has 0 radical (unpaired) electrons. The molecule has 0 saturated carbocycles. The van der Waals surface area contributed by atoms with Crippen LogP contribution < -0.4 is 10.2 Å². The minimum atomic E-state index is -4.72. The Balaban J connectivity index is 1.77. The van der Waals surface area contributed by atoms with E-state index in [0.717, 1.165) is 30.3 Å². The van der Waals surface area contributed by atoms with Crippen molar-refractivity contribution in [1.29, 1.82) is 0 Å². The molecular formula is C22H15F7N4O. The van der Waals surface area contributed by atoms with Crippen molar-refractivity contribution in [2.45, 2.75) is 18.4 Å². The van der Waals surface area contributed by atoms with E-state index in [1.807, 2.05) is 0 Å². The zero-order valence-electron chi connectivity index (χ0n) is 17.1. The van der Waals surface area contributed by atoms with Gasteiger partial charge in [0.1, 0.15) is 5.82 Å². The Hall–Kier alpha value is -3.70. The first-order valence-corrected chi connectivity index (χ1v) is 9.80. The fourth-order valence-corrected chi connectivity index (χ4v) is 3.57. The Morgan fingerprint density at radius 3 is 2.18 bits per heavy atom. The second kappa shape index (κ2) is 8.26. The summed E-state index contributed by atoms with van der Waals surface area (Å²) in [5.41, 5.74) is -1.76. The molecule has 2 heterocycles. The molecule has 1 saturated heterocycles. The second-order valence-electron chi connectivity index (χ2n) is 7.62. The molecule has 178 valence electrons. The van der Waals surface area contributed by atoms with Gasteiger partial charge in [-0.3, -0.25) is 4.79 Å². The lowest BCUT2D eigenvalue weighted by atomic mass is 10.0. The van der Waals surface area contributed by atoms with E-state index in [1.54, 1.807) is 0 Å². The Morgan fingerprint density at radius 2 is 1.62 bits per heavy atom. The van der Waals surface area contributed by atoms with Gasteiger partial charge < -0.3 is 10.2 Å². The molecule has 34 heavy (non-hydrogen) atoms. The Morgan fingerprint density at radius 1 is 0.971 bits per heavy atom. The van der Waals surface area contributed by atoms with Crippen LogP contribution >= 0.6 is 0 Å². The summed E-state index contributed by atoms with van der Waals surface area (Å²) in [5.74, 6) is -2.40. The molecular weight excluding hydrogens is 469 g/mol. The highest BCUT2D eigenvalue weighted by molar-refractivity contribution is 5.95. The molecule has 0 bridgehead atoms. The highest BCUT2D eigenvalue weighted by atomic mass is 19.4. The third-order valence-electron chi connectivity index (χ3n) is 5.24. The lowest BCUT2D eigenvalue weighted by Gasteiger charge is -2.41. The quantitative estimate of drug-likeness (QED) is 0.413. The third kappa shape index (κ3) is 4.52. The van der Waals surface area contributed by atoms with Gasteiger partial charge >= 0.3 is 12.4 Å². The molecule has 12 heteroatoms. The summed E-state index contributed by atoms with van der Waals surface area (Å²) in [6.45, 7) is 2.94. The van der Waals surface area contributed by atoms with Gasteiger partial charge in [-0.1, -0.05) is 24.8 Å². The fourth-order valence-electron chi connectivity index (χ4n) is 3.57. The summed E-state index contributed by atoms with van der Waals surface area (Å²) >= 11 is 0. The minimum absolute atomic E-state index is 0.0315. The van der Waals surface area contributed by atoms with Crippen LogP contribution in [-0.2, 0) is 17.1 Å². The van der Waals surface area contributed by atoms with Crippen LogP contribution in [0.1, 0.15) is 11.1 Å². The molecule has 1 N–H and O–H groups in total. The average Bonchev–Trinajstić information content (AvgIpc) is 2.73. The molecule has 1 fully saturated rings. The molecule has 0 aliphatic carbocycles. The van der Waals surface area contributed by atoms with Crippen molar-refractivity contribution in [2.24, 2.45) is 0 Å². The molecule has 0 atom stereocenters. The van der Waals surface area contributed by atoms with Crippen molar-refractivity contribution >= 4 is 22.6 Å². The molecule has 1 aliphatic rings. The lowest BCUT2D eigenvalue weighted by Crippen LogP contribution is -2.59. The topological polar surface area (TPSA) is 58.1 Å². The van der Waals surface area contributed by atoms with Crippen molar-refractivity contribution in [2.75, 3.05) is 18.0 Å².